The minimum Gasteiger partial charge on any atom is -0.490 e. The van der Waals surface area contributed by atoms with Crippen molar-refractivity contribution in [3.8, 4) is 11.5 Å². The van der Waals surface area contributed by atoms with Gasteiger partial charge in [0.2, 0.25) is 5.91 Å². The van der Waals surface area contributed by atoms with Crippen LogP contribution in [-0.2, 0) is 14.6 Å². The Morgan fingerprint density at radius 2 is 2.00 bits per heavy atom. The highest BCUT2D eigenvalue weighted by atomic mass is 32.2. The first-order valence-electron chi connectivity index (χ1n) is 7.89. The maximum atomic E-state index is 12.0. The molecule has 1 aromatic carbocycles. The van der Waals surface area contributed by atoms with Crippen LogP contribution >= 0.6 is 0 Å². The van der Waals surface area contributed by atoms with Gasteiger partial charge in [-0.1, -0.05) is 0 Å². The van der Waals surface area contributed by atoms with E-state index < -0.39 is 15.8 Å². The molecule has 0 bridgehead atoms. The molecular formula is C16H20N2O5S. The molecule has 130 valence electrons. The number of fused-ring (bicyclic) bond motifs is 1. The van der Waals surface area contributed by atoms with Gasteiger partial charge in [-0.25, -0.2) is 13.8 Å². The first-order chi connectivity index (χ1) is 11.4. The van der Waals surface area contributed by atoms with Crippen molar-refractivity contribution in [3.05, 3.63) is 23.8 Å². The second-order valence-corrected chi connectivity index (χ2v) is 8.21. The van der Waals surface area contributed by atoms with Gasteiger partial charge in [-0.3, -0.25) is 4.79 Å². The third kappa shape index (κ3) is 3.87. The van der Waals surface area contributed by atoms with E-state index >= 15 is 0 Å². The van der Waals surface area contributed by atoms with E-state index in [2.05, 4.69) is 10.5 Å². The molecule has 1 atom stereocenters. The van der Waals surface area contributed by atoms with Gasteiger partial charge in [0.15, 0.2) is 21.3 Å². The number of nitrogens with zero attached hydrogens (tertiary/aromatic N) is 1. The van der Waals surface area contributed by atoms with Crippen molar-refractivity contribution < 1.29 is 22.7 Å². The molecular weight excluding hydrogens is 332 g/mol. The largest absolute Gasteiger partial charge is 0.490 e. The van der Waals surface area contributed by atoms with Crippen molar-refractivity contribution in [2.24, 2.45) is 11.0 Å². The summed E-state index contributed by atoms with van der Waals surface area (Å²) in [7, 11) is -3.08. The zero-order chi connectivity index (χ0) is 17.2. The molecule has 1 amide bonds. The number of ether oxygens (including phenoxy) is 2. The maximum Gasteiger partial charge on any atom is 0.244 e. The predicted molar refractivity (Wildman–Crippen MR) is 89.2 cm³/mol. The van der Waals surface area contributed by atoms with Crippen LogP contribution in [0.3, 0.4) is 0 Å². The Morgan fingerprint density at radius 1 is 1.25 bits per heavy atom. The smallest absolute Gasteiger partial charge is 0.244 e. The molecule has 3 rings (SSSR count). The van der Waals surface area contributed by atoms with E-state index in [1.165, 1.54) is 0 Å². The Morgan fingerprint density at radius 3 is 2.71 bits per heavy atom. The van der Waals surface area contributed by atoms with Crippen LogP contribution in [0.15, 0.2) is 23.3 Å². The molecule has 1 fully saturated rings. The minimum atomic E-state index is -3.08. The van der Waals surface area contributed by atoms with Gasteiger partial charge in [0.25, 0.3) is 0 Å². The summed E-state index contributed by atoms with van der Waals surface area (Å²) in [6.45, 7) is 2.99. The highest BCUT2D eigenvalue weighted by Crippen LogP contribution is 2.30. The number of nitrogens with one attached hydrogen (secondary N) is 1. The molecule has 24 heavy (non-hydrogen) atoms. The van der Waals surface area contributed by atoms with Crippen LogP contribution in [0, 0.1) is 5.92 Å². The fourth-order valence-electron chi connectivity index (χ4n) is 2.68. The topological polar surface area (TPSA) is 94.1 Å². The summed E-state index contributed by atoms with van der Waals surface area (Å²) >= 11 is 0. The highest BCUT2D eigenvalue weighted by molar-refractivity contribution is 7.91. The van der Waals surface area contributed by atoms with E-state index in [-0.39, 0.29) is 17.4 Å². The summed E-state index contributed by atoms with van der Waals surface area (Å²) in [6.07, 6.45) is 1.18. The Kier molecular flexibility index (Phi) is 4.75. The number of hydrogen-bond donors (Lipinski definition) is 1. The van der Waals surface area contributed by atoms with Crippen LogP contribution in [0.2, 0.25) is 0 Å². The van der Waals surface area contributed by atoms with Crippen LogP contribution in [0.4, 0.5) is 0 Å². The Balaban J connectivity index is 1.67. The summed E-state index contributed by atoms with van der Waals surface area (Å²) in [4.78, 5) is 12.0. The standard InChI is InChI=1S/C16H20N2O5S/c1-11(17-18-16(19)13-5-8-24(20,21)10-13)12-3-4-14-15(9-12)23-7-2-6-22-14/h3-4,9,13H,2,5-8,10H2,1H3,(H,18,19)/b17-11-/t13-/m1/s1. The van der Waals surface area contributed by atoms with E-state index in [9.17, 15) is 13.2 Å². The van der Waals surface area contributed by atoms with E-state index in [1.807, 2.05) is 18.2 Å². The number of sulfone groups is 1. The number of carbonyl (C=O) groups is 1. The molecule has 0 radical (unpaired) electrons. The molecule has 1 N–H and O–H groups in total. The van der Waals surface area contributed by atoms with Gasteiger partial charge < -0.3 is 9.47 Å². The van der Waals surface area contributed by atoms with Gasteiger partial charge in [0, 0.05) is 12.0 Å². The lowest BCUT2D eigenvalue weighted by Crippen LogP contribution is -2.28. The normalized spacial score (nSPS) is 22.7. The Labute approximate surface area is 140 Å². The fraction of sp³-hybridized carbons (Fsp3) is 0.500. The molecule has 1 saturated heterocycles. The van der Waals surface area contributed by atoms with Gasteiger partial charge in [-0.2, -0.15) is 5.10 Å². The number of amides is 1. The predicted octanol–water partition coefficient (Wildman–Crippen LogP) is 1.12. The second kappa shape index (κ2) is 6.80. The van der Waals surface area contributed by atoms with Crippen molar-refractivity contribution in [2.45, 2.75) is 19.8 Å². The van der Waals surface area contributed by atoms with Crippen molar-refractivity contribution in [1.82, 2.24) is 5.43 Å². The first kappa shape index (κ1) is 16.8. The highest BCUT2D eigenvalue weighted by Gasteiger charge is 2.32. The van der Waals surface area contributed by atoms with E-state index in [0.29, 0.717) is 36.8 Å². The molecule has 7 nitrogen and oxygen atoms in total. The summed E-state index contributed by atoms with van der Waals surface area (Å²) in [5.74, 6) is 0.449. The Hall–Kier alpha value is -2.09. The number of benzene rings is 1. The summed E-state index contributed by atoms with van der Waals surface area (Å²) in [5.41, 5.74) is 3.88. The number of carbonyl (C=O) groups excluding carboxylic acids is 1. The fourth-order valence-corrected chi connectivity index (χ4v) is 4.43. The average molecular weight is 352 g/mol. The van der Waals surface area contributed by atoms with Crippen molar-refractivity contribution in [2.75, 3.05) is 24.7 Å². The van der Waals surface area contributed by atoms with Crippen molar-refractivity contribution in [3.63, 3.8) is 0 Å². The summed E-state index contributed by atoms with van der Waals surface area (Å²) < 4.78 is 34.1. The van der Waals surface area contributed by atoms with E-state index in [4.69, 9.17) is 9.47 Å². The quantitative estimate of drug-likeness (QED) is 0.650. The van der Waals surface area contributed by atoms with Crippen LogP contribution in [0.1, 0.15) is 25.3 Å². The summed E-state index contributed by atoms with van der Waals surface area (Å²) in [5, 5.41) is 4.08. The molecule has 1 aromatic rings. The number of hydrogen-bond acceptors (Lipinski definition) is 6. The maximum absolute atomic E-state index is 12.0. The SMILES string of the molecule is C/C(=N/NC(=O)[C@@H]1CCS(=O)(=O)C1)c1ccc2c(c1)OCCCO2. The molecule has 2 aliphatic rings. The molecule has 0 spiro atoms. The van der Waals surface area contributed by atoms with E-state index in [1.54, 1.807) is 6.92 Å². The zero-order valence-corrected chi connectivity index (χ0v) is 14.3. The van der Waals surface area contributed by atoms with Crippen molar-refractivity contribution >= 4 is 21.5 Å². The van der Waals surface area contributed by atoms with Crippen LogP contribution < -0.4 is 14.9 Å². The van der Waals surface area contributed by atoms with Crippen LogP contribution in [0.5, 0.6) is 11.5 Å². The van der Waals surface area contributed by atoms with Gasteiger partial charge in [0.1, 0.15) is 0 Å². The van der Waals surface area contributed by atoms with Gasteiger partial charge in [0.05, 0.1) is 36.3 Å². The lowest BCUT2D eigenvalue weighted by molar-refractivity contribution is -0.124. The van der Waals surface area contributed by atoms with Crippen LogP contribution in [-0.4, -0.2) is 44.8 Å². The number of rotatable bonds is 3. The zero-order valence-electron chi connectivity index (χ0n) is 13.4. The molecule has 8 heteroatoms. The molecule has 2 heterocycles. The summed E-state index contributed by atoms with van der Waals surface area (Å²) in [6, 6.07) is 5.49. The first-order valence-corrected chi connectivity index (χ1v) is 9.71. The van der Waals surface area contributed by atoms with Crippen molar-refractivity contribution in [1.29, 1.82) is 0 Å². The molecule has 0 saturated carbocycles. The average Bonchev–Trinajstić information content (AvgIpc) is 2.78. The second-order valence-electron chi connectivity index (χ2n) is 5.99. The van der Waals surface area contributed by atoms with E-state index in [0.717, 1.165) is 12.0 Å². The number of hydrazone groups is 1. The molecule has 0 unspecified atom stereocenters. The van der Waals surface area contributed by atoms with Crippen LogP contribution in [0.25, 0.3) is 0 Å². The third-order valence-electron chi connectivity index (χ3n) is 4.10. The third-order valence-corrected chi connectivity index (χ3v) is 5.87. The lowest BCUT2D eigenvalue weighted by atomic mass is 10.1. The molecule has 2 aliphatic heterocycles. The van der Waals surface area contributed by atoms with Gasteiger partial charge >= 0.3 is 0 Å². The monoisotopic (exact) mass is 352 g/mol. The van der Waals surface area contributed by atoms with Gasteiger partial charge in [-0.05, 0) is 31.5 Å². The lowest BCUT2D eigenvalue weighted by Gasteiger charge is -2.10. The van der Waals surface area contributed by atoms with Gasteiger partial charge in [-0.15, -0.1) is 0 Å². The molecule has 0 aromatic heterocycles. The minimum absolute atomic E-state index is 0.0654. The molecule has 0 aliphatic carbocycles. The Bertz CT molecular complexity index is 773.